The van der Waals surface area contributed by atoms with Crippen molar-refractivity contribution < 1.29 is 4.79 Å². The van der Waals surface area contributed by atoms with Crippen molar-refractivity contribution in [2.24, 2.45) is 0 Å². The van der Waals surface area contributed by atoms with Crippen LogP contribution >= 0.6 is 0 Å². The van der Waals surface area contributed by atoms with E-state index < -0.39 is 0 Å². The maximum absolute atomic E-state index is 12.0. The van der Waals surface area contributed by atoms with Gasteiger partial charge in [0.2, 0.25) is 0 Å². The molecule has 0 fully saturated rings. The summed E-state index contributed by atoms with van der Waals surface area (Å²) in [5.41, 5.74) is 3.64. The molecule has 0 aliphatic heterocycles. The van der Waals surface area contributed by atoms with Gasteiger partial charge in [0.1, 0.15) is 5.69 Å². The zero-order valence-electron chi connectivity index (χ0n) is 12.1. The normalized spacial score (nSPS) is 10.8. The van der Waals surface area contributed by atoms with E-state index in [0.717, 1.165) is 17.1 Å². The third kappa shape index (κ3) is 2.35. The summed E-state index contributed by atoms with van der Waals surface area (Å²) in [4.78, 5) is 26.5. The zero-order chi connectivity index (χ0) is 15.0. The summed E-state index contributed by atoms with van der Waals surface area (Å²) in [6, 6.07) is 5.81. The number of nitrogens with zero attached hydrogens (tertiary/aromatic N) is 5. The number of fused-ring (bicyclic) bond motifs is 1. The Morgan fingerprint density at radius 3 is 2.71 bits per heavy atom. The van der Waals surface area contributed by atoms with Gasteiger partial charge in [0, 0.05) is 26.0 Å². The van der Waals surface area contributed by atoms with Crippen molar-refractivity contribution in [2.75, 3.05) is 14.1 Å². The van der Waals surface area contributed by atoms with Crippen molar-refractivity contribution in [1.82, 2.24) is 24.3 Å². The summed E-state index contributed by atoms with van der Waals surface area (Å²) in [6.07, 6.45) is 5.03. The van der Waals surface area contributed by atoms with E-state index in [1.807, 2.05) is 29.5 Å². The van der Waals surface area contributed by atoms with E-state index in [2.05, 4.69) is 15.0 Å². The average Bonchev–Trinajstić information content (AvgIpc) is 2.89. The molecule has 0 aromatic carbocycles. The highest BCUT2D eigenvalue weighted by molar-refractivity contribution is 5.91. The van der Waals surface area contributed by atoms with Crippen molar-refractivity contribution in [2.45, 2.75) is 6.92 Å². The third-order valence-electron chi connectivity index (χ3n) is 3.17. The molecule has 0 radical (unpaired) electrons. The predicted octanol–water partition coefficient (Wildman–Crippen LogP) is 1.80. The molecule has 0 aliphatic carbocycles. The molecule has 0 bridgehead atoms. The molecule has 0 saturated carbocycles. The van der Waals surface area contributed by atoms with Crippen LogP contribution in [0.25, 0.3) is 17.0 Å². The fraction of sp³-hybridized carbons (Fsp3) is 0.200. The van der Waals surface area contributed by atoms with Crippen LogP contribution < -0.4 is 0 Å². The van der Waals surface area contributed by atoms with Crippen LogP contribution in [0.15, 0.2) is 36.8 Å². The number of aromatic nitrogens is 4. The van der Waals surface area contributed by atoms with Crippen LogP contribution in [-0.2, 0) is 0 Å². The summed E-state index contributed by atoms with van der Waals surface area (Å²) >= 11 is 0. The van der Waals surface area contributed by atoms with Gasteiger partial charge in [-0.1, -0.05) is 6.07 Å². The molecule has 0 saturated heterocycles. The number of pyridine rings is 1. The first-order valence-electron chi connectivity index (χ1n) is 6.55. The lowest BCUT2D eigenvalue weighted by Crippen LogP contribution is -2.23. The van der Waals surface area contributed by atoms with Gasteiger partial charge < -0.3 is 4.90 Å². The SMILES string of the molecule is Cc1cccc(-c2cnc3cnc(C(=O)N(C)C)cn23)n1. The average molecular weight is 281 g/mol. The van der Waals surface area contributed by atoms with Gasteiger partial charge in [-0.3, -0.25) is 14.2 Å². The lowest BCUT2D eigenvalue weighted by Gasteiger charge is -2.10. The summed E-state index contributed by atoms with van der Waals surface area (Å²) in [5, 5.41) is 0. The molecule has 0 N–H and O–H groups in total. The first-order valence-corrected chi connectivity index (χ1v) is 6.55. The number of hydrogen-bond donors (Lipinski definition) is 0. The Hall–Kier alpha value is -2.76. The molecular formula is C15H15N5O. The first kappa shape index (κ1) is 13.2. The van der Waals surface area contributed by atoms with Gasteiger partial charge in [-0.15, -0.1) is 0 Å². The van der Waals surface area contributed by atoms with Crippen LogP contribution in [0, 0.1) is 6.92 Å². The van der Waals surface area contributed by atoms with Gasteiger partial charge in [0.15, 0.2) is 5.65 Å². The molecule has 3 rings (SSSR count). The molecule has 0 aliphatic rings. The van der Waals surface area contributed by atoms with E-state index in [-0.39, 0.29) is 5.91 Å². The number of aryl methyl sites for hydroxylation is 1. The summed E-state index contributed by atoms with van der Waals surface area (Å²) < 4.78 is 1.84. The number of carbonyl (C=O) groups excluding carboxylic acids is 1. The molecule has 106 valence electrons. The highest BCUT2D eigenvalue weighted by atomic mass is 16.2. The first-order chi connectivity index (χ1) is 10.1. The molecule has 6 nitrogen and oxygen atoms in total. The van der Waals surface area contributed by atoms with Crippen molar-refractivity contribution in [3.8, 4) is 11.4 Å². The Morgan fingerprint density at radius 1 is 1.19 bits per heavy atom. The van der Waals surface area contributed by atoms with Gasteiger partial charge in [0.25, 0.3) is 5.91 Å². The van der Waals surface area contributed by atoms with Crippen molar-refractivity contribution in [1.29, 1.82) is 0 Å². The van der Waals surface area contributed by atoms with Crippen LogP contribution in [0.4, 0.5) is 0 Å². The third-order valence-corrected chi connectivity index (χ3v) is 3.17. The minimum atomic E-state index is -0.145. The Bertz CT molecular complexity index is 822. The van der Waals surface area contributed by atoms with Gasteiger partial charge in [0.05, 0.1) is 23.8 Å². The van der Waals surface area contributed by atoms with Crippen LogP contribution in [0.3, 0.4) is 0 Å². The smallest absolute Gasteiger partial charge is 0.273 e. The van der Waals surface area contributed by atoms with E-state index in [9.17, 15) is 4.79 Å². The van der Waals surface area contributed by atoms with Crippen molar-refractivity contribution >= 4 is 11.6 Å². The molecular weight excluding hydrogens is 266 g/mol. The zero-order valence-corrected chi connectivity index (χ0v) is 12.1. The Balaban J connectivity index is 2.16. The Morgan fingerprint density at radius 2 is 2.00 bits per heavy atom. The van der Waals surface area contributed by atoms with Crippen LogP contribution in [0.2, 0.25) is 0 Å². The summed E-state index contributed by atoms with van der Waals surface area (Å²) in [5.74, 6) is -0.145. The van der Waals surface area contributed by atoms with Gasteiger partial charge in [-0.05, 0) is 19.1 Å². The molecule has 0 atom stereocenters. The molecule has 3 heterocycles. The number of rotatable bonds is 2. The molecule has 3 aromatic rings. The molecule has 6 heteroatoms. The number of hydrogen-bond acceptors (Lipinski definition) is 4. The van der Waals surface area contributed by atoms with Crippen molar-refractivity contribution in [3.05, 3.63) is 48.2 Å². The monoisotopic (exact) mass is 281 g/mol. The van der Waals surface area contributed by atoms with Gasteiger partial charge >= 0.3 is 0 Å². The Labute approximate surface area is 122 Å². The van der Waals surface area contributed by atoms with Crippen LogP contribution in [0.1, 0.15) is 16.2 Å². The largest absolute Gasteiger partial charge is 0.343 e. The fourth-order valence-corrected chi connectivity index (χ4v) is 2.10. The number of imidazole rings is 1. The minimum Gasteiger partial charge on any atom is -0.343 e. The molecule has 0 unspecified atom stereocenters. The highest BCUT2D eigenvalue weighted by Crippen LogP contribution is 2.19. The molecule has 1 amide bonds. The van der Waals surface area contributed by atoms with Crippen molar-refractivity contribution in [3.63, 3.8) is 0 Å². The Kier molecular flexibility index (Phi) is 3.13. The van der Waals surface area contributed by atoms with Gasteiger partial charge in [-0.2, -0.15) is 0 Å². The quantitative estimate of drug-likeness (QED) is 0.718. The fourth-order valence-electron chi connectivity index (χ4n) is 2.10. The highest BCUT2D eigenvalue weighted by Gasteiger charge is 2.13. The summed E-state index contributed by atoms with van der Waals surface area (Å²) in [6.45, 7) is 1.94. The maximum atomic E-state index is 12.0. The standard InChI is InChI=1S/C15H15N5O/c1-10-5-4-6-11(18-10)13-7-17-14-8-16-12(9-20(13)14)15(21)19(2)3/h4-9H,1-3H3. The lowest BCUT2D eigenvalue weighted by atomic mass is 10.2. The van der Waals surface area contributed by atoms with Gasteiger partial charge in [-0.25, -0.2) is 9.97 Å². The number of amides is 1. The molecule has 0 spiro atoms. The molecule has 21 heavy (non-hydrogen) atoms. The van der Waals surface area contributed by atoms with Crippen LogP contribution in [-0.4, -0.2) is 44.3 Å². The van der Waals surface area contributed by atoms with E-state index >= 15 is 0 Å². The topological polar surface area (TPSA) is 63.4 Å². The maximum Gasteiger partial charge on any atom is 0.273 e. The van der Waals surface area contributed by atoms with E-state index in [1.165, 1.54) is 4.90 Å². The van der Waals surface area contributed by atoms with E-state index in [0.29, 0.717) is 11.3 Å². The second-order valence-corrected chi connectivity index (χ2v) is 5.01. The predicted molar refractivity (Wildman–Crippen MR) is 79.0 cm³/mol. The second kappa shape index (κ2) is 4.97. The summed E-state index contributed by atoms with van der Waals surface area (Å²) in [7, 11) is 3.40. The lowest BCUT2D eigenvalue weighted by molar-refractivity contribution is 0.0821. The van der Waals surface area contributed by atoms with Crippen LogP contribution in [0.5, 0.6) is 0 Å². The van der Waals surface area contributed by atoms with E-state index in [4.69, 9.17) is 0 Å². The minimum absolute atomic E-state index is 0.145. The number of carbonyl (C=O) groups is 1. The second-order valence-electron chi connectivity index (χ2n) is 5.01. The molecule has 3 aromatic heterocycles. The van der Waals surface area contributed by atoms with E-state index in [1.54, 1.807) is 32.7 Å².